The molecule has 1 saturated carbocycles. The molecule has 3 aromatic rings. The third kappa shape index (κ3) is 2.26. The van der Waals surface area contributed by atoms with Crippen LogP contribution in [-0.2, 0) is 7.05 Å². The maximum atomic E-state index is 4.80. The second kappa shape index (κ2) is 5.48. The average Bonchev–Trinajstić information content (AvgIpc) is 3.12. The molecule has 1 aliphatic carbocycles. The van der Waals surface area contributed by atoms with Crippen molar-refractivity contribution in [3.63, 3.8) is 0 Å². The van der Waals surface area contributed by atoms with E-state index < -0.39 is 0 Å². The van der Waals surface area contributed by atoms with Crippen molar-refractivity contribution in [3.8, 4) is 11.4 Å². The lowest BCUT2D eigenvalue weighted by Crippen LogP contribution is -2.23. The maximum absolute atomic E-state index is 4.80. The molecule has 1 fully saturated rings. The van der Waals surface area contributed by atoms with Crippen LogP contribution in [0.15, 0.2) is 36.9 Å². The van der Waals surface area contributed by atoms with Crippen molar-refractivity contribution in [2.45, 2.75) is 38.1 Å². The zero-order valence-corrected chi connectivity index (χ0v) is 12.9. The number of anilines is 1. The molecule has 0 bridgehead atoms. The molecule has 0 spiro atoms. The number of aromatic nitrogens is 4. The van der Waals surface area contributed by atoms with E-state index in [1.165, 1.54) is 32.1 Å². The van der Waals surface area contributed by atoms with Crippen LogP contribution in [0.3, 0.4) is 0 Å². The second-order valence-electron chi connectivity index (χ2n) is 6.10. The summed E-state index contributed by atoms with van der Waals surface area (Å²) in [5, 5.41) is 3.75. The first-order valence-corrected chi connectivity index (χ1v) is 8.03. The zero-order valence-electron chi connectivity index (χ0n) is 12.9. The third-order valence-corrected chi connectivity index (χ3v) is 4.56. The van der Waals surface area contributed by atoms with Crippen molar-refractivity contribution in [2.75, 3.05) is 5.32 Å². The predicted octanol–water partition coefficient (Wildman–Crippen LogP) is 3.48. The minimum absolute atomic E-state index is 0.542. The van der Waals surface area contributed by atoms with E-state index in [4.69, 9.17) is 4.98 Å². The lowest BCUT2D eigenvalue weighted by molar-refractivity contribution is 0.461. The van der Waals surface area contributed by atoms with Gasteiger partial charge < -0.3 is 9.88 Å². The van der Waals surface area contributed by atoms with Gasteiger partial charge in [0, 0.05) is 31.7 Å². The van der Waals surface area contributed by atoms with Crippen molar-refractivity contribution < 1.29 is 0 Å². The molecule has 1 N–H and O–H groups in total. The topological polar surface area (TPSA) is 47.2 Å². The molecule has 0 atom stereocenters. The molecule has 22 heavy (non-hydrogen) atoms. The van der Waals surface area contributed by atoms with Crippen molar-refractivity contribution in [1.29, 1.82) is 0 Å². The molecule has 3 heterocycles. The molecule has 3 aromatic heterocycles. The van der Waals surface area contributed by atoms with Crippen molar-refractivity contribution in [2.24, 2.45) is 7.05 Å². The van der Waals surface area contributed by atoms with E-state index in [0.717, 1.165) is 22.9 Å². The summed E-state index contributed by atoms with van der Waals surface area (Å²) in [5.74, 6) is 1.09. The van der Waals surface area contributed by atoms with E-state index >= 15 is 0 Å². The van der Waals surface area contributed by atoms with Gasteiger partial charge in [-0.05, 0) is 25.0 Å². The molecule has 4 rings (SSSR count). The van der Waals surface area contributed by atoms with E-state index in [1.54, 1.807) is 0 Å². The quantitative estimate of drug-likeness (QED) is 0.804. The first-order valence-electron chi connectivity index (χ1n) is 8.03. The van der Waals surface area contributed by atoms with Crippen LogP contribution in [0, 0.1) is 0 Å². The highest BCUT2D eigenvalue weighted by Gasteiger charge is 2.20. The monoisotopic (exact) mass is 295 g/mol. The van der Waals surface area contributed by atoms with Crippen LogP contribution < -0.4 is 5.32 Å². The summed E-state index contributed by atoms with van der Waals surface area (Å²) in [7, 11) is 2.06. The molecule has 0 unspecified atom stereocenters. The second-order valence-corrected chi connectivity index (χ2v) is 6.10. The molecule has 0 aliphatic heterocycles. The summed E-state index contributed by atoms with van der Waals surface area (Å²) in [6.07, 6.45) is 14.1. The highest BCUT2D eigenvalue weighted by Crippen LogP contribution is 2.31. The Morgan fingerprint density at radius 3 is 2.82 bits per heavy atom. The summed E-state index contributed by atoms with van der Waals surface area (Å²) >= 11 is 0. The van der Waals surface area contributed by atoms with Gasteiger partial charge >= 0.3 is 0 Å². The number of rotatable bonds is 3. The largest absolute Gasteiger partial charge is 0.367 e. The Kier molecular flexibility index (Phi) is 3.33. The number of hydrogen-bond acceptors (Lipinski definition) is 3. The van der Waals surface area contributed by atoms with E-state index in [0.29, 0.717) is 6.04 Å². The van der Waals surface area contributed by atoms with E-state index in [1.807, 2.05) is 18.6 Å². The summed E-state index contributed by atoms with van der Waals surface area (Å²) in [6.45, 7) is 0. The maximum Gasteiger partial charge on any atom is 0.157 e. The van der Waals surface area contributed by atoms with Crippen LogP contribution in [-0.4, -0.2) is 25.0 Å². The van der Waals surface area contributed by atoms with Crippen LogP contribution in [0.5, 0.6) is 0 Å². The van der Waals surface area contributed by atoms with Gasteiger partial charge in [0.2, 0.25) is 0 Å². The molecular formula is C17H21N5. The van der Waals surface area contributed by atoms with Gasteiger partial charge in [-0.3, -0.25) is 9.38 Å². The molecule has 5 heteroatoms. The first kappa shape index (κ1) is 13.4. The average molecular weight is 295 g/mol. The molecule has 114 valence electrons. The highest BCUT2D eigenvalue weighted by molar-refractivity contribution is 5.74. The Labute approximate surface area is 130 Å². The first-order chi connectivity index (χ1) is 10.8. The minimum atomic E-state index is 0.542. The van der Waals surface area contributed by atoms with Gasteiger partial charge in [0.25, 0.3) is 0 Å². The number of aryl methyl sites for hydroxylation is 1. The van der Waals surface area contributed by atoms with Crippen LogP contribution in [0.2, 0.25) is 0 Å². The van der Waals surface area contributed by atoms with Crippen LogP contribution >= 0.6 is 0 Å². The van der Waals surface area contributed by atoms with Gasteiger partial charge in [0.15, 0.2) is 5.65 Å². The van der Waals surface area contributed by atoms with Crippen molar-refractivity contribution >= 4 is 11.5 Å². The Morgan fingerprint density at radius 2 is 2.05 bits per heavy atom. The Bertz CT molecular complexity index is 779. The number of hydrogen-bond donors (Lipinski definition) is 1. The number of nitrogens with one attached hydrogen (secondary N) is 1. The van der Waals surface area contributed by atoms with Gasteiger partial charge in [-0.2, -0.15) is 0 Å². The van der Waals surface area contributed by atoms with Crippen molar-refractivity contribution in [1.82, 2.24) is 18.9 Å². The van der Waals surface area contributed by atoms with Gasteiger partial charge in [-0.25, -0.2) is 4.98 Å². The van der Waals surface area contributed by atoms with Gasteiger partial charge in [0.1, 0.15) is 11.5 Å². The van der Waals surface area contributed by atoms with E-state index in [2.05, 4.69) is 44.6 Å². The highest BCUT2D eigenvalue weighted by atomic mass is 15.2. The molecule has 0 radical (unpaired) electrons. The Morgan fingerprint density at radius 1 is 1.18 bits per heavy atom. The smallest absolute Gasteiger partial charge is 0.157 e. The van der Waals surface area contributed by atoms with Crippen molar-refractivity contribution in [3.05, 3.63) is 36.9 Å². The number of imidazole rings is 1. The van der Waals surface area contributed by atoms with Crippen LogP contribution in [0.4, 0.5) is 5.82 Å². The lowest BCUT2D eigenvalue weighted by atomic mass is 9.95. The van der Waals surface area contributed by atoms with Gasteiger partial charge in [-0.15, -0.1) is 0 Å². The SMILES string of the molecule is Cn1cccc1-c1nc2cnccn2c1NC1CCCCC1. The Hall–Kier alpha value is -2.30. The predicted molar refractivity (Wildman–Crippen MR) is 87.9 cm³/mol. The molecule has 0 saturated heterocycles. The number of nitrogens with zero attached hydrogens (tertiary/aromatic N) is 4. The van der Waals surface area contributed by atoms with Crippen LogP contribution in [0.25, 0.3) is 17.0 Å². The summed E-state index contributed by atoms with van der Waals surface area (Å²) in [5.41, 5.74) is 3.02. The lowest BCUT2D eigenvalue weighted by Gasteiger charge is -2.24. The summed E-state index contributed by atoms with van der Waals surface area (Å²) in [6, 6.07) is 4.71. The molecule has 5 nitrogen and oxygen atoms in total. The fourth-order valence-electron chi connectivity index (χ4n) is 3.37. The third-order valence-electron chi connectivity index (χ3n) is 4.56. The van der Waals surface area contributed by atoms with E-state index in [9.17, 15) is 0 Å². The summed E-state index contributed by atoms with van der Waals surface area (Å²) in [4.78, 5) is 9.00. The number of fused-ring (bicyclic) bond motifs is 1. The van der Waals surface area contributed by atoms with E-state index in [-0.39, 0.29) is 0 Å². The van der Waals surface area contributed by atoms with Gasteiger partial charge in [-0.1, -0.05) is 19.3 Å². The fraction of sp³-hybridized carbons (Fsp3) is 0.412. The summed E-state index contributed by atoms with van der Waals surface area (Å²) < 4.78 is 4.23. The molecule has 0 amide bonds. The Balaban J connectivity index is 1.81. The molecule has 0 aromatic carbocycles. The standard InChI is InChI=1S/C17H21N5/c1-21-10-5-8-14(21)16-17(19-13-6-3-2-4-7-13)22-11-9-18-12-15(22)20-16/h5,8-13,19H,2-4,6-7H2,1H3. The minimum Gasteiger partial charge on any atom is -0.367 e. The molecular weight excluding hydrogens is 274 g/mol. The van der Waals surface area contributed by atoms with Crippen LogP contribution in [0.1, 0.15) is 32.1 Å². The normalized spacial score (nSPS) is 16.2. The van der Waals surface area contributed by atoms with Gasteiger partial charge in [0.05, 0.1) is 11.9 Å². The zero-order chi connectivity index (χ0) is 14.9. The molecule has 1 aliphatic rings. The fourth-order valence-corrected chi connectivity index (χ4v) is 3.37.